The minimum atomic E-state index is -3.74. The number of benzene rings is 2. The molecule has 22 heavy (non-hydrogen) atoms. The molecule has 0 aliphatic heterocycles. The summed E-state index contributed by atoms with van der Waals surface area (Å²) in [4.78, 5) is 0.175. The molecule has 0 saturated heterocycles. The van der Waals surface area contributed by atoms with Crippen LogP contribution in [0, 0.1) is 0 Å². The maximum Gasteiger partial charge on any atom is 0.264 e. The fraction of sp³-hybridized carbons (Fsp3) is 0.0667. The van der Waals surface area contributed by atoms with E-state index in [0.717, 1.165) is 4.47 Å². The van der Waals surface area contributed by atoms with E-state index in [4.69, 9.17) is 23.2 Å². The second-order valence-electron chi connectivity index (χ2n) is 4.41. The van der Waals surface area contributed by atoms with Gasteiger partial charge in [0, 0.05) is 14.5 Å². The molecule has 0 fully saturated rings. The zero-order valence-electron chi connectivity index (χ0n) is 11.3. The number of rotatable bonds is 5. The van der Waals surface area contributed by atoms with Crippen molar-refractivity contribution in [1.29, 1.82) is 0 Å². The minimum Gasteiger partial charge on any atom is -0.262 e. The number of anilines is 1. The van der Waals surface area contributed by atoms with Gasteiger partial charge >= 0.3 is 0 Å². The van der Waals surface area contributed by atoms with Crippen LogP contribution in [0.2, 0.25) is 10.0 Å². The van der Waals surface area contributed by atoms with E-state index in [2.05, 4.69) is 22.5 Å². The Morgan fingerprint density at radius 2 is 1.64 bits per heavy atom. The summed E-state index contributed by atoms with van der Waals surface area (Å²) in [7, 11) is -3.74. The average molecular weight is 421 g/mol. The maximum absolute atomic E-state index is 12.8. The molecule has 0 aromatic heterocycles. The molecule has 7 heteroatoms. The van der Waals surface area contributed by atoms with Crippen LogP contribution in [0.4, 0.5) is 5.69 Å². The number of halogens is 3. The van der Waals surface area contributed by atoms with Crippen LogP contribution < -0.4 is 4.31 Å². The Bertz CT molecular complexity index is 771. The van der Waals surface area contributed by atoms with Gasteiger partial charge in [-0.15, -0.1) is 6.58 Å². The molecule has 0 aliphatic rings. The van der Waals surface area contributed by atoms with E-state index in [1.54, 1.807) is 30.3 Å². The van der Waals surface area contributed by atoms with Gasteiger partial charge < -0.3 is 0 Å². The van der Waals surface area contributed by atoms with Crippen molar-refractivity contribution in [2.45, 2.75) is 4.90 Å². The first-order chi connectivity index (χ1) is 10.3. The quantitative estimate of drug-likeness (QED) is 0.628. The molecule has 3 nitrogen and oxygen atoms in total. The highest BCUT2D eigenvalue weighted by atomic mass is 79.9. The number of sulfonamides is 1. The van der Waals surface area contributed by atoms with E-state index in [-0.39, 0.29) is 11.4 Å². The van der Waals surface area contributed by atoms with E-state index in [1.165, 1.54) is 22.5 Å². The largest absolute Gasteiger partial charge is 0.264 e. The predicted molar refractivity (Wildman–Crippen MR) is 95.3 cm³/mol. The molecule has 0 spiro atoms. The first kappa shape index (κ1) is 17.3. The highest BCUT2D eigenvalue weighted by Crippen LogP contribution is 2.30. The summed E-state index contributed by atoms with van der Waals surface area (Å²) in [5.41, 5.74) is 0.389. The summed E-state index contributed by atoms with van der Waals surface area (Å²) in [5, 5.41) is 0.727. The highest BCUT2D eigenvalue weighted by molar-refractivity contribution is 9.10. The van der Waals surface area contributed by atoms with Gasteiger partial charge in [0.05, 0.1) is 17.1 Å². The summed E-state index contributed by atoms with van der Waals surface area (Å²) >= 11 is 15.2. The van der Waals surface area contributed by atoms with E-state index in [1.807, 2.05) is 0 Å². The van der Waals surface area contributed by atoms with Crippen LogP contribution in [0.3, 0.4) is 0 Å². The Balaban J connectivity index is 2.55. The van der Waals surface area contributed by atoms with Crippen molar-refractivity contribution in [1.82, 2.24) is 0 Å². The fourth-order valence-electron chi connectivity index (χ4n) is 1.88. The van der Waals surface area contributed by atoms with Crippen LogP contribution in [-0.4, -0.2) is 15.0 Å². The van der Waals surface area contributed by atoms with Crippen LogP contribution >= 0.6 is 39.1 Å². The molecular formula is C15H12BrCl2NO2S. The fourth-order valence-corrected chi connectivity index (χ4v) is 4.07. The summed E-state index contributed by atoms with van der Waals surface area (Å²) < 4.78 is 27.7. The van der Waals surface area contributed by atoms with Crippen molar-refractivity contribution in [3.63, 3.8) is 0 Å². The molecule has 2 aromatic rings. The van der Waals surface area contributed by atoms with Crippen LogP contribution in [0.5, 0.6) is 0 Å². The number of hydrogen-bond acceptors (Lipinski definition) is 2. The molecule has 0 unspecified atom stereocenters. The number of hydrogen-bond donors (Lipinski definition) is 0. The lowest BCUT2D eigenvalue weighted by Crippen LogP contribution is -2.31. The Kier molecular flexibility index (Phi) is 5.55. The molecule has 0 bridgehead atoms. The van der Waals surface area contributed by atoms with Gasteiger partial charge in [-0.3, -0.25) is 4.31 Å². The van der Waals surface area contributed by atoms with Gasteiger partial charge in [-0.1, -0.05) is 45.2 Å². The smallest absolute Gasteiger partial charge is 0.262 e. The lowest BCUT2D eigenvalue weighted by molar-refractivity contribution is 0.593. The molecule has 0 aliphatic carbocycles. The molecule has 0 heterocycles. The Labute approximate surface area is 148 Å². The third-order valence-corrected chi connectivity index (χ3v) is 5.61. The second-order valence-corrected chi connectivity index (χ2v) is 8.06. The summed E-state index contributed by atoms with van der Waals surface area (Å²) in [6.07, 6.45) is 1.51. The molecule has 0 saturated carbocycles. The van der Waals surface area contributed by atoms with Gasteiger partial charge in [0.2, 0.25) is 0 Å². The summed E-state index contributed by atoms with van der Waals surface area (Å²) in [6.45, 7) is 3.72. The molecular weight excluding hydrogens is 409 g/mol. The summed E-state index contributed by atoms with van der Waals surface area (Å²) in [5.74, 6) is 0. The van der Waals surface area contributed by atoms with Crippen LogP contribution in [0.25, 0.3) is 0 Å². The van der Waals surface area contributed by atoms with Gasteiger partial charge in [-0.25, -0.2) is 8.42 Å². The lowest BCUT2D eigenvalue weighted by atomic mass is 10.3. The van der Waals surface area contributed by atoms with Gasteiger partial charge in [0.25, 0.3) is 10.0 Å². The first-order valence-corrected chi connectivity index (χ1v) is 9.19. The molecule has 2 rings (SSSR count). The van der Waals surface area contributed by atoms with Crippen LogP contribution in [0.15, 0.2) is 64.5 Å². The monoisotopic (exact) mass is 419 g/mol. The van der Waals surface area contributed by atoms with E-state index >= 15 is 0 Å². The molecule has 0 amide bonds. The van der Waals surface area contributed by atoms with Gasteiger partial charge in [0.1, 0.15) is 0 Å². The Hall–Kier alpha value is -1.01. The van der Waals surface area contributed by atoms with Crippen molar-refractivity contribution < 1.29 is 8.42 Å². The van der Waals surface area contributed by atoms with Crippen molar-refractivity contribution >= 4 is 54.8 Å². The average Bonchev–Trinajstić information content (AvgIpc) is 2.44. The van der Waals surface area contributed by atoms with Gasteiger partial charge in [0.15, 0.2) is 0 Å². The van der Waals surface area contributed by atoms with E-state index < -0.39 is 10.0 Å². The van der Waals surface area contributed by atoms with E-state index in [0.29, 0.717) is 15.7 Å². The predicted octanol–water partition coefficient (Wildman–Crippen LogP) is 5.14. The minimum absolute atomic E-state index is 0.106. The molecule has 0 atom stereocenters. The van der Waals surface area contributed by atoms with Crippen molar-refractivity contribution in [2.75, 3.05) is 10.8 Å². The van der Waals surface area contributed by atoms with Crippen LogP contribution in [-0.2, 0) is 10.0 Å². The zero-order valence-corrected chi connectivity index (χ0v) is 15.3. The Morgan fingerprint density at radius 3 is 2.14 bits per heavy atom. The molecule has 2 aromatic carbocycles. The van der Waals surface area contributed by atoms with Crippen molar-refractivity contribution in [3.05, 3.63) is 69.6 Å². The molecule has 0 N–H and O–H groups in total. The third kappa shape index (κ3) is 3.84. The highest BCUT2D eigenvalue weighted by Gasteiger charge is 2.24. The lowest BCUT2D eigenvalue weighted by Gasteiger charge is -2.23. The normalized spacial score (nSPS) is 11.2. The molecule has 0 radical (unpaired) electrons. The summed E-state index contributed by atoms with van der Waals surface area (Å²) in [6, 6.07) is 11.0. The SMILES string of the molecule is C=CCN(c1cc(Cl)cc(Cl)c1)S(=O)(=O)c1ccc(Br)cc1. The standard InChI is InChI=1S/C15H12BrCl2NO2S/c1-2-7-19(14-9-12(17)8-13(18)10-14)22(20,21)15-5-3-11(16)4-6-15/h2-6,8-10H,1,7H2. The van der Waals surface area contributed by atoms with Crippen molar-refractivity contribution in [3.8, 4) is 0 Å². The first-order valence-electron chi connectivity index (χ1n) is 6.20. The van der Waals surface area contributed by atoms with Crippen molar-refractivity contribution in [2.24, 2.45) is 0 Å². The Morgan fingerprint density at radius 1 is 1.09 bits per heavy atom. The second kappa shape index (κ2) is 7.04. The van der Waals surface area contributed by atoms with Gasteiger partial charge in [-0.05, 0) is 42.5 Å². The molecule has 116 valence electrons. The van der Waals surface area contributed by atoms with Gasteiger partial charge in [-0.2, -0.15) is 0 Å². The topological polar surface area (TPSA) is 37.4 Å². The maximum atomic E-state index is 12.8. The zero-order chi connectivity index (χ0) is 16.3. The number of nitrogens with zero attached hydrogens (tertiary/aromatic N) is 1. The van der Waals surface area contributed by atoms with E-state index in [9.17, 15) is 8.42 Å². The van der Waals surface area contributed by atoms with Crippen LogP contribution in [0.1, 0.15) is 0 Å². The third-order valence-electron chi connectivity index (χ3n) is 2.83.